The molecule has 0 radical (unpaired) electrons. The number of ether oxygens (including phenoxy) is 1. The van der Waals surface area contributed by atoms with Gasteiger partial charge in [-0.25, -0.2) is 14.0 Å². The molecule has 2 N–H and O–H groups in total. The molecule has 6 heteroatoms. The van der Waals surface area contributed by atoms with Crippen molar-refractivity contribution in [2.75, 3.05) is 0 Å². The Balaban J connectivity index is 2.62. The molecule has 1 atom stereocenters. The number of hydrogen-bond acceptors (Lipinski definition) is 3. The number of carboxylic acids is 1. The highest BCUT2D eigenvalue weighted by Gasteiger charge is 2.38. The van der Waals surface area contributed by atoms with Gasteiger partial charge < -0.3 is 15.2 Å². The summed E-state index contributed by atoms with van der Waals surface area (Å²) in [5.41, 5.74) is -1.91. The summed E-state index contributed by atoms with van der Waals surface area (Å²) in [6.45, 7) is 6.65. The summed E-state index contributed by atoms with van der Waals surface area (Å²) in [6.07, 6.45) is 0.771. The number of carbonyl (C=O) groups excluding carboxylic acids is 1. The van der Waals surface area contributed by atoms with Crippen molar-refractivity contribution in [3.05, 3.63) is 0 Å². The molecule has 1 aliphatic rings. The van der Waals surface area contributed by atoms with Crippen LogP contribution >= 0.6 is 0 Å². The van der Waals surface area contributed by atoms with Gasteiger partial charge in [0.15, 0.2) is 0 Å². The topological polar surface area (TPSA) is 75.6 Å². The molecular formula is C14H24FNO4. The maximum Gasteiger partial charge on any atom is 0.408 e. The van der Waals surface area contributed by atoms with Gasteiger partial charge in [-0.3, -0.25) is 0 Å². The van der Waals surface area contributed by atoms with Gasteiger partial charge in [-0.1, -0.05) is 0 Å². The van der Waals surface area contributed by atoms with Crippen LogP contribution in [-0.2, 0) is 9.53 Å². The lowest BCUT2D eigenvalue weighted by Crippen LogP contribution is -2.49. The Morgan fingerprint density at radius 1 is 1.35 bits per heavy atom. The second-order valence-electron chi connectivity index (χ2n) is 6.71. The number of rotatable bonds is 3. The molecule has 1 amide bonds. The van der Waals surface area contributed by atoms with E-state index in [1.807, 2.05) is 0 Å². The summed E-state index contributed by atoms with van der Waals surface area (Å²) in [5.74, 6) is -1.37. The summed E-state index contributed by atoms with van der Waals surface area (Å²) in [5, 5.41) is 11.6. The maximum absolute atomic E-state index is 13.7. The fourth-order valence-corrected chi connectivity index (χ4v) is 2.39. The van der Waals surface area contributed by atoms with Crippen LogP contribution in [0.2, 0.25) is 0 Å². The molecule has 1 unspecified atom stereocenters. The highest BCUT2D eigenvalue weighted by molar-refractivity contribution is 5.80. The van der Waals surface area contributed by atoms with Crippen LogP contribution in [0.3, 0.4) is 0 Å². The minimum Gasteiger partial charge on any atom is -0.480 e. The molecule has 0 aromatic rings. The molecule has 0 saturated heterocycles. The van der Waals surface area contributed by atoms with Crippen molar-refractivity contribution < 1.29 is 23.8 Å². The van der Waals surface area contributed by atoms with Crippen LogP contribution in [0.15, 0.2) is 0 Å². The first-order valence-corrected chi connectivity index (χ1v) is 6.91. The van der Waals surface area contributed by atoms with Crippen molar-refractivity contribution >= 4 is 12.1 Å². The fraction of sp³-hybridized carbons (Fsp3) is 0.857. The number of alkyl halides is 1. The van der Waals surface area contributed by atoms with Crippen molar-refractivity contribution in [1.82, 2.24) is 5.32 Å². The largest absolute Gasteiger partial charge is 0.480 e. The Morgan fingerprint density at radius 2 is 1.85 bits per heavy atom. The van der Waals surface area contributed by atoms with E-state index in [2.05, 4.69) is 5.32 Å². The fourth-order valence-electron chi connectivity index (χ4n) is 2.39. The van der Waals surface area contributed by atoms with E-state index in [1.54, 1.807) is 20.8 Å². The van der Waals surface area contributed by atoms with Gasteiger partial charge in [0.05, 0.1) is 0 Å². The normalized spacial score (nSPS) is 28.6. The van der Waals surface area contributed by atoms with E-state index in [0.29, 0.717) is 25.7 Å². The van der Waals surface area contributed by atoms with Crippen LogP contribution in [0.4, 0.5) is 9.18 Å². The molecule has 20 heavy (non-hydrogen) atoms. The Kier molecular flexibility index (Phi) is 5.00. The number of carbonyl (C=O) groups is 2. The van der Waals surface area contributed by atoms with Crippen molar-refractivity contribution in [2.45, 2.75) is 70.7 Å². The standard InChI is InChI=1S/C14H24FNO4/c1-13(2,3)20-12(19)16-10(11(17)18)9-5-7-14(4,15)8-6-9/h9-10H,5-8H2,1-4H3,(H,16,19)(H,17,18). The molecule has 0 spiro atoms. The van der Waals surface area contributed by atoms with E-state index in [9.17, 15) is 19.1 Å². The highest BCUT2D eigenvalue weighted by atomic mass is 19.1. The molecule has 1 aliphatic carbocycles. The first-order chi connectivity index (χ1) is 9.00. The monoisotopic (exact) mass is 289 g/mol. The van der Waals surface area contributed by atoms with Crippen molar-refractivity contribution in [3.8, 4) is 0 Å². The summed E-state index contributed by atoms with van der Waals surface area (Å²) in [7, 11) is 0. The van der Waals surface area contributed by atoms with Gasteiger partial charge in [-0.05, 0) is 59.3 Å². The van der Waals surface area contributed by atoms with E-state index in [0.717, 1.165) is 0 Å². The molecule has 1 saturated carbocycles. The van der Waals surface area contributed by atoms with Gasteiger partial charge in [0.1, 0.15) is 17.3 Å². The zero-order valence-electron chi connectivity index (χ0n) is 12.5. The predicted molar refractivity (Wildman–Crippen MR) is 72.3 cm³/mol. The van der Waals surface area contributed by atoms with Crippen LogP contribution in [0, 0.1) is 5.92 Å². The molecular weight excluding hydrogens is 265 g/mol. The predicted octanol–water partition coefficient (Wildman–Crippen LogP) is 2.88. The number of hydrogen-bond donors (Lipinski definition) is 2. The maximum atomic E-state index is 13.7. The number of alkyl carbamates (subject to hydrolysis) is 1. The average molecular weight is 289 g/mol. The van der Waals surface area contributed by atoms with E-state index < -0.39 is 29.4 Å². The average Bonchev–Trinajstić information content (AvgIpc) is 2.23. The lowest BCUT2D eigenvalue weighted by atomic mass is 9.77. The van der Waals surface area contributed by atoms with E-state index in [1.165, 1.54) is 6.92 Å². The Morgan fingerprint density at radius 3 is 2.25 bits per heavy atom. The van der Waals surface area contributed by atoms with Gasteiger partial charge in [0.2, 0.25) is 0 Å². The molecule has 0 heterocycles. The van der Waals surface area contributed by atoms with E-state index in [4.69, 9.17) is 4.74 Å². The van der Waals surface area contributed by atoms with Gasteiger partial charge in [-0.15, -0.1) is 0 Å². The zero-order valence-corrected chi connectivity index (χ0v) is 12.5. The molecule has 0 aliphatic heterocycles. The Hall–Kier alpha value is -1.33. The molecule has 0 aromatic heterocycles. The Labute approximate surface area is 118 Å². The lowest BCUT2D eigenvalue weighted by Gasteiger charge is -2.34. The number of carboxylic acid groups (broad SMARTS) is 1. The summed E-state index contributed by atoms with van der Waals surface area (Å²) in [4.78, 5) is 23.0. The van der Waals surface area contributed by atoms with Crippen LogP contribution in [0.5, 0.6) is 0 Å². The third kappa shape index (κ3) is 5.35. The van der Waals surface area contributed by atoms with Crippen LogP contribution in [0.1, 0.15) is 53.4 Å². The lowest BCUT2D eigenvalue weighted by molar-refractivity contribution is -0.141. The van der Waals surface area contributed by atoms with Gasteiger partial charge >= 0.3 is 12.1 Å². The molecule has 5 nitrogen and oxygen atoms in total. The molecule has 1 fully saturated rings. The third-order valence-electron chi connectivity index (χ3n) is 3.48. The van der Waals surface area contributed by atoms with Gasteiger partial charge in [-0.2, -0.15) is 0 Å². The minimum atomic E-state index is -1.23. The molecule has 0 aromatic carbocycles. The summed E-state index contributed by atoms with van der Waals surface area (Å²) in [6, 6.07) is -1.03. The number of halogens is 1. The minimum absolute atomic E-state index is 0.260. The zero-order chi connectivity index (χ0) is 15.6. The number of amides is 1. The molecule has 1 rings (SSSR count). The van der Waals surface area contributed by atoms with Crippen LogP contribution < -0.4 is 5.32 Å². The Bertz CT molecular complexity index is 366. The van der Waals surface area contributed by atoms with Gasteiger partial charge in [0.25, 0.3) is 0 Å². The second-order valence-corrected chi connectivity index (χ2v) is 6.71. The van der Waals surface area contributed by atoms with Crippen molar-refractivity contribution in [2.24, 2.45) is 5.92 Å². The summed E-state index contributed by atoms with van der Waals surface area (Å²) < 4.78 is 18.8. The van der Waals surface area contributed by atoms with Crippen LogP contribution in [0.25, 0.3) is 0 Å². The first kappa shape index (κ1) is 16.7. The first-order valence-electron chi connectivity index (χ1n) is 6.91. The quantitative estimate of drug-likeness (QED) is 0.837. The van der Waals surface area contributed by atoms with E-state index in [-0.39, 0.29) is 5.92 Å². The van der Waals surface area contributed by atoms with Crippen molar-refractivity contribution in [1.29, 1.82) is 0 Å². The summed E-state index contributed by atoms with van der Waals surface area (Å²) >= 11 is 0. The van der Waals surface area contributed by atoms with Crippen LogP contribution in [-0.4, -0.2) is 34.5 Å². The van der Waals surface area contributed by atoms with Crippen molar-refractivity contribution in [3.63, 3.8) is 0 Å². The van der Waals surface area contributed by atoms with E-state index >= 15 is 0 Å². The smallest absolute Gasteiger partial charge is 0.408 e. The van der Waals surface area contributed by atoms with Gasteiger partial charge in [0, 0.05) is 0 Å². The second kappa shape index (κ2) is 5.97. The number of aliphatic carboxylic acids is 1. The molecule has 116 valence electrons. The molecule has 0 bridgehead atoms. The third-order valence-corrected chi connectivity index (χ3v) is 3.48. The SMILES string of the molecule is CC1(F)CCC(C(NC(=O)OC(C)(C)C)C(=O)O)CC1. The number of nitrogens with one attached hydrogen (secondary N) is 1. The highest BCUT2D eigenvalue weighted by Crippen LogP contribution is 2.36.